The number of ether oxygens (including phenoxy) is 1. The van der Waals surface area contributed by atoms with Crippen molar-refractivity contribution in [1.82, 2.24) is 15.0 Å². The highest BCUT2D eigenvalue weighted by molar-refractivity contribution is 7.89. The molecule has 5 N–H and O–H groups in total. The third-order valence-corrected chi connectivity index (χ3v) is 7.75. The summed E-state index contributed by atoms with van der Waals surface area (Å²) in [6.07, 6.45) is 1.63. The molecule has 0 bridgehead atoms. The van der Waals surface area contributed by atoms with Gasteiger partial charge in [0.1, 0.15) is 5.01 Å². The number of sulfonamides is 1. The second-order valence-corrected chi connectivity index (χ2v) is 11.7. The molecule has 13 heteroatoms. The van der Waals surface area contributed by atoms with Crippen molar-refractivity contribution in [2.75, 3.05) is 37.0 Å². The molecule has 3 rings (SSSR count). The maximum atomic E-state index is 13.2. The summed E-state index contributed by atoms with van der Waals surface area (Å²) in [4.78, 5) is 16.7. The lowest BCUT2D eigenvalue weighted by Gasteiger charge is -2.13. The fraction of sp³-hybridized carbons (Fsp3) is 0.320. The normalized spacial score (nSPS) is 11.4. The Morgan fingerprint density at radius 2 is 1.82 bits per heavy atom. The van der Waals surface area contributed by atoms with Crippen LogP contribution in [0.25, 0.3) is 21.0 Å². The number of aliphatic hydroxyl groups excluding tert-OH is 1. The fourth-order valence-electron chi connectivity index (χ4n) is 3.38. The van der Waals surface area contributed by atoms with Crippen molar-refractivity contribution in [3.05, 3.63) is 48.7 Å². The molecule has 3 aromatic rings. The number of hydrogen-bond acceptors (Lipinski definition) is 8. The van der Waals surface area contributed by atoms with Gasteiger partial charge < -0.3 is 25.8 Å². The number of carbonyl (C=O) groups is 1. The number of aromatic nitrogens is 1. The van der Waals surface area contributed by atoms with Crippen molar-refractivity contribution < 1.29 is 23.1 Å². The highest BCUT2D eigenvalue weighted by atomic mass is 32.2. The Balaban J connectivity index is 1.86. The van der Waals surface area contributed by atoms with E-state index in [0.717, 1.165) is 11.3 Å². The third-order valence-electron chi connectivity index (χ3n) is 4.95. The SMILES string of the molecule is CC(=O)Nc1ccc(-c2cnc(-c3ccc(NC(=S)NC(C)C)cc3)s2)c(S(=O)(=O)NCCOCCO)c1. The largest absolute Gasteiger partial charge is 0.394 e. The average Bonchev–Trinajstić information content (AvgIpc) is 3.33. The maximum absolute atomic E-state index is 13.2. The lowest BCUT2D eigenvalue weighted by atomic mass is 10.2. The van der Waals surface area contributed by atoms with E-state index >= 15 is 0 Å². The number of amides is 1. The summed E-state index contributed by atoms with van der Waals surface area (Å²) in [5, 5.41) is 19.0. The molecule has 1 aromatic heterocycles. The molecule has 0 aliphatic carbocycles. The van der Waals surface area contributed by atoms with Crippen LogP contribution in [0.4, 0.5) is 11.4 Å². The molecule has 0 spiro atoms. The number of rotatable bonds is 12. The van der Waals surface area contributed by atoms with Crippen LogP contribution in [-0.4, -0.2) is 61.9 Å². The van der Waals surface area contributed by atoms with Gasteiger partial charge in [-0.2, -0.15) is 0 Å². The molecule has 1 amide bonds. The van der Waals surface area contributed by atoms with Gasteiger partial charge in [-0.05, 0) is 62.5 Å². The zero-order valence-electron chi connectivity index (χ0n) is 21.3. The molecule has 0 radical (unpaired) electrons. The number of carbonyl (C=O) groups excluding carboxylic acids is 1. The van der Waals surface area contributed by atoms with Gasteiger partial charge in [-0.3, -0.25) is 4.79 Å². The summed E-state index contributed by atoms with van der Waals surface area (Å²) < 4.78 is 34.1. The van der Waals surface area contributed by atoms with Gasteiger partial charge in [0, 0.05) is 48.2 Å². The molecule has 0 saturated heterocycles. The summed E-state index contributed by atoms with van der Waals surface area (Å²) >= 11 is 6.64. The Labute approximate surface area is 231 Å². The van der Waals surface area contributed by atoms with Crippen LogP contribution < -0.4 is 20.7 Å². The van der Waals surface area contributed by atoms with E-state index in [9.17, 15) is 13.2 Å². The number of anilines is 2. The fourth-order valence-corrected chi connectivity index (χ4v) is 6.02. The molecule has 0 fully saturated rings. The smallest absolute Gasteiger partial charge is 0.241 e. The number of benzene rings is 2. The lowest BCUT2D eigenvalue weighted by Crippen LogP contribution is -2.33. The standard InChI is InChI=1S/C25H31N5O5S3/c1-16(2)28-25(36)30-19-6-4-18(5-7-19)24-26-15-22(37-24)21-9-8-20(29-17(3)32)14-23(21)38(33,34)27-10-12-35-13-11-31/h4-9,14-16,27,31H,10-13H2,1-3H3,(H,29,32)(H2,28,30,36). The molecule has 10 nitrogen and oxygen atoms in total. The molecule has 0 saturated carbocycles. The Hall–Kier alpha value is -2.94. The van der Waals surface area contributed by atoms with Crippen molar-refractivity contribution in [1.29, 1.82) is 0 Å². The summed E-state index contributed by atoms with van der Waals surface area (Å²) in [7, 11) is -3.96. The van der Waals surface area contributed by atoms with Crippen molar-refractivity contribution in [2.24, 2.45) is 0 Å². The van der Waals surface area contributed by atoms with Gasteiger partial charge in [0.05, 0.1) is 29.6 Å². The summed E-state index contributed by atoms with van der Waals surface area (Å²) in [5.74, 6) is -0.315. The van der Waals surface area contributed by atoms with E-state index in [1.165, 1.54) is 24.3 Å². The van der Waals surface area contributed by atoms with Crippen LogP contribution in [0.5, 0.6) is 0 Å². The Bertz CT molecular complexity index is 1360. The van der Waals surface area contributed by atoms with E-state index < -0.39 is 10.0 Å². The first-order valence-corrected chi connectivity index (χ1v) is 14.5. The number of aliphatic hydroxyl groups is 1. The zero-order valence-corrected chi connectivity index (χ0v) is 23.7. The number of nitrogens with zero attached hydrogens (tertiary/aromatic N) is 1. The second kappa shape index (κ2) is 13.7. The second-order valence-electron chi connectivity index (χ2n) is 8.49. The van der Waals surface area contributed by atoms with Crippen molar-refractivity contribution >= 4 is 56.0 Å². The van der Waals surface area contributed by atoms with Gasteiger partial charge in [-0.25, -0.2) is 18.1 Å². The van der Waals surface area contributed by atoms with E-state index in [1.807, 2.05) is 38.1 Å². The van der Waals surface area contributed by atoms with E-state index in [1.54, 1.807) is 18.3 Å². The van der Waals surface area contributed by atoms with Crippen LogP contribution in [0, 0.1) is 0 Å². The number of thiocarbonyl (C=S) groups is 1. The average molecular weight is 578 g/mol. The summed E-state index contributed by atoms with van der Waals surface area (Å²) in [6.45, 7) is 5.46. The summed E-state index contributed by atoms with van der Waals surface area (Å²) in [6, 6.07) is 12.5. The minimum atomic E-state index is -3.96. The predicted molar refractivity (Wildman–Crippen MR) is 155 cm³/mol. The first-order chi connectivity index (χ1) is 18.1. The third kappa shape index (κ3) is 8.55. The van der Waals surface area contributed by atoms with Crippen LogP contribution in [0.15, 0.2) is 53.6 Å². The Kier molecular flexibility index (Phi) is 10.7. The van der Waals surface area contributed by atoms with Crippen molar-refractivity contribution in [3.8, 4) is 21.0 Å². The molecule has 204 valence electrons. The molecular weight excluding hydrogens is 547 g/mol. The molecule has 38 heavy (non-hydrogen) atoms. The number of hydrogen-bond donors (Lipinski definition) is 5. The van der Waals surface area contributed by atoms with E-state index in [-0.39, 0.29) is 43.2 Å². The van der Waals surface area contributed by atoms with Crippen LogP contribution in [0.1, 0.15) is 20.8 Å². The van der Waals surface area contributed by atoms with Gasteiger partial charge in [0.15, 0.2) is 5.11 Å². The monoisotopic (exact) mass is 577 g/mol. The first-order valence-electron chi connectivity index (χ1n) is 11.8. The summed E-state index contributed by atoms with van der Waals surface area (Å²) in [5.41, 5.74) is 2.51. The first kappa shape index (κ1) is 29.6. The lowest BCUT2D eigenvalue weighted by molar-refractivity contribution is -0.114. The number of thiazole rings is 1. The quantitative estimate of drug-likeness (QED) is 0.162. The van der Waals surface area contributed by atoms with Crippen LogP contribution >= 0.6 is 23.6 Å². The minimum Gasteiger partial charge on any atom is -0.394 e. The maximum Gasteiger partial charge on any atom is 0.241 e. The molecule has 0 aliphatic rings. The van der Waals surface area contributed by atoms with Gasteiger partial charge in [-0.1, -0.05) is 6.07 Å². The molecule has 0 unspecified atom stereocenters. The van der Waals surface area contributed by atoms with E-state index in [0.29, 0.717) is 26.2 Å². The predicted octanol–water partition coefficient (Wildman–Crippen LogP) is 3.42. The van der Waals surface area contributed by atoms with Gasteiger partial charge in [0.2, 0.25) is 15.9 Å². The molecule has 2 aromatic carbocycles. The van der Waals surface area contributed by atoms with E-state index in [2.05, 4.69) is 25.7 Å². The number of nitrogens with one attached hydrogen (secondary N) is 4. The van der Waals surface area contributed by atoms with Gasteiger partial charge in [-0.15, -0.1) is 11.3 Å². The zero-order chi connectivity index (χ0) is 27.7. The highest BCUT2D eigenvalue weighted by Crippen LogP contribution is 2.37. The van der Waals surface area contributed by atoms with Gasteiger partial charge >= 0.3 is 0 Å². The van der Waals surface area contributed by atoms with Gasteiger partial charge in [0.25, 0.3) is 0 Å². The van der Waals surface area contributed by atoms with Crippen LogP contribution in [0.2, 0.25) is 0 Å². The topological polar surface area (TPSA) is 142 Å². The van der Waals surface area contributed by atoms with Crippen LogP contribution in [-0.2, 0) is 19.6 Å². The van der Waals surface area contributed by atoms with Crippen LogP contribution in [0.3, 0.4) is 0 Å². The highest BCUT2D eigenvalue weighted by Gasteiger charge is 2.22. The molecule has 1 heterocycles. The molecule has 0 aliphatic heterocycles. The van der Waals surface area contributed by atoms with Crippen molar-refractivity contribution in [3.63, 3.8) is 0 Å². The molecule has 0 atom stereocenters. The minimum absolute atomic E-state index is 0.00632. The van der Waals surface area contributed by atoms with Crippen molar-refractivity contribution in [2.45, 2.75) is 31.7 Å². The Morgan fingerprint density at radius 1 is 1.11 bits per heavy atom. The Morgan fingerprint density at radius 3 is 2.47 bits per heavy atom. The van der Waals surface area contributed by atoms with E-state index in [4.69, 9.17) is 22.1 Å². The molecular formula is C25H31N5O5S3.